The van der Waals surface area contributed by atoms with E-state index in [0.29, 0.717) is 29.0 Å². The van der Waals surface area contributed by atoms with Gasteiger partial charge < -0.3 is 10.6 Å². The highest BCUT2D eigenvalue weighted by atomic mass is 35.5. The van der Waals surface area contributed by atoms with Gasteiger partial charge in [-0.1, -0.05) is 17.7 Å². The molecule has 0 saturated heterocycles. The van der Waals surface area contributed by atoms with Gasteiger partial charge in [-0.2, -0.15) is 10.2 Å². The minimum absolute atomic E-state index is 0.357. The second-order valence-corrected chi connectivity index (χ2v) is 7.28. The Bertz CT molecular complexity index is 996. The summed E-state index contributed by atoms with van der Waals surface area (Å²) in [6.07, 6.45) is 2.01. The van der Waals surface area contributed by atoms with Crippen molar-refractivity contribution in [2.24, 2.45) is 0 Å². The zero-order chi connectivity index (χ0) is 20.3. The van der Waals surface area contributed by atoms with E-state index < -0.39 is 0 Å². The van der Waals surface area contributed by atoms with Crippen molar-refractivity contribution in [3.05, 3.63) is 63.8 Å². The van der Waals surface area contributed by atoms with Gasteiger partial charge in [-0.25, -0.2) is 4.39 Å². The van der Waals surface area contributed by atoms with Crippen molar-refractivity contribution in [1.29, 1.82) is 0 Å². The van der Waals surface area contributed by atoms with Gasteiger partial charge in [0, 0.05) is 41.6 Å². The maximum absolute atomic E-state index is 13.2. The Morgan fingerprint density at radius 2 is 2.00 bits per heavy atom. The van der Waals surface area contributed by atoms with Crippen molar-refractivity contribution < 1.29 is 4.39 Å². The first kappa shape index (κ1) is 20.3. The highest BCUT2D eigenvalue weighted by Crippen LogP contribution is 2.19. The zero-order valence-corrected chi connectivity index (χ0v) is 17.5. The van der Waals surface area contributed by atoms with E-state index in [1.165, 1.54) is 12.1 Å². The van der Waals surface area contributed by atoms with E-state index in [-0.39, 0.29) is 5.82 Å². The van der Waals surface area contributed by atoms with Crippen LogP contribution in [0.15, 0.2) is 30.5 Å². The number of anilines is 1. The molecule has 2 aromatic heterocycles. The number of thiocarbonyl (C=S) groups is 1. The highest BCUT2D eigenvalue weighted by molar-refractivity contribution is 7.80. The third-order valence-corrected chi connectivity index (χ3v) is 4.97. The number of nitrogens with one attached hydrogen (secondary N) is 2. The molecule has 0 atom stereocenters. The minimum Gasteiger partial charge on any atom is -0.358 e. The number of aromatic nitrogens is 4. The van der Waals surface area contributed by atoms with Crippen LogP contribution in [0.2, 0.25) is 5.02 Å². The van der Waals surface area contributed by atoms with Gasteiger partial charge in [0.2, 0.25) is 0 Å². The molecular weight excluding hydrogens is 399 g/mol. The quantitative estimate of drug-likeness (QED) is 0.589. The fourth-order valence-electron chi connectivity index (χ4n) is 2.77. The second-order valence-electron chi connectivity index (χ2n) is 6.47. The van der Waals surface area contributed by atoms with Gasteiger partial charge in [0.05, 0.1) is 12.2 Å². The lowest BCUT2D eigenvalue weighted by molar-refractivity contribution is 0.623. The molecule has 0 aliphatic carbocycles. The molecule has 0 spiro atoms. The van der Waals surface area contributed by atoms with Crippen LogP contribution in [-0.2, 0) is 19.6 Å². The Kier molecular flexibility index (Phi) is 6.31. The van der Waals surface area contributed by atoms with Gasteiger partial charge in [-0.3, -0.25) is 9.36 Å². The van der Waals surface area contributed by atoms with Crippen molar-refractivity contribution in [1.82, 2.24) is 24.9 Å². The molecule has 0 unspecified atom stereocenters. The molecule has 3 rings (SSSR count). The zero-order valence-electron chi connectivity index (χ0n) is 16.0. The summed E-state index contributed by atoms with van der Waals surface area (Å²) in [5.74, 6) is 0.277. The van der Waals surface area contributed by atoms with Crippen molar-refractivity contribution >= 4 is 34.7 Å². The molecule has 2 N–H and O–H groups in total. The molecule has 1 aromatic carbocycles. The first-order valence-corrected chi connectivity index (χ1v) is 9.70. The molecule has 0 radical (unpaired) electrons. The fourth-order valence-corrected chi connectivity index (χ4v) is 3.18. The predicted molar refractivity (Wildman–Crippen MR) is 113 cm³/mol. The Morgan fingerprint density at radius 3 is 2.68 bits per heavy atom. The Morgan fingerprint density at radius 1 is 1.21 bits per heavy atom. The molecule has 0 fully saturated rings. The van der Waals surface area contributed by atoms with Crippen molar-refractivity contribution in [3.63, 3.8) is 0 Å². The largest absolute Gasteiger partial charge is 0.358 e. The van der Waals surface area contributed by atoms with Crippen LogP contribution < -0.4 is 10.6 Å². The van der Waals surface area contributed by atoms with Crippen molar-refractivity contribution in [3.8, 4) is 0 Å². The smallest absolute Gasteiger partial charge is 0.172 e. The summed E-state index contributed by atoms with van der Waals surface area (Å²) in [6, 6.07) is 6.25. The van der Waals surface area contributed by atoms with E-state index in [4.69, 9.17) is 23.8 Å². The van der Waals surface area contributed by atoms with Crippen LogP contribution in [0.25, 0.3) is 0 Å². The Labute approximate surface area is 173 Å². The highest BCUT2D eigenvalue weighted by Gasteiger charge is 2.10. The van der Waals surface area contributed by atoms with E-state index in [9.17, 15) is 4.39 Å². The Hall–Kier alpha value is -2.45. The summed E-state index contributed by atoms with van der Waals surface area (Å²) < 4.78 is 16.9. The second kappa shape index (κ2) is 8.70. The van der Waals surface area contributed by atoms with Crippen LogP contribution >= 0.6 is 23.8 Å². The molecule has 148 valence electrons. The first-order valence-electron chi connectivity index (χ1n) is 8.92. The maximum atomic E-state index is 13.2. The van der Waals surface area contributed by atoms with Crippen LogP contribution in [0.4, 0.5) is 10.2 Å². The number of rotatable bonds is 6. The van der Waals surface area contributed by atoms with E-state index in [1.54, 1.807) is 10.7 Å². The fraction of sp³-hybridized carbons (Fsp3) is 0.316. The third-order valence-electron chi connectivity index (χ3n) is 4.37. The predicted octanol–water partition coefficient (Wildman–Crippen LogP) is 4.04. The molecule has 3 aromatic rings. The van der Waals surface area contributed by atoms with E-state index >= 15 is 0 Å². The number of benzene rings is 1. The summed E-state index contributed by atoms with van der Waals surface area (Å²) in [6.45, 7) is 7.83. The van der Waals surface area contributed by atoms with Gasteiger partial charge in [0.1, 0.15) is 5.82 Å². The van der Waals surface area contributed by atoms with Gasteiger partial charge in [0.15, 0.2) is 10.9 Å². The molecule has 0 bridgehead atoms. The lowest BCUT2D eigenvalue weighted by atomic mass is 10.2. The third kappa shape index (κ3) is 4.88. The van der Waals surface area contributed by atoms with Crippen LogP contribution in [0.5, 0.6) is 0 Å². The van der Waals surface area contributed by atoms with E-state index in [2.05, 4.69) is 20.8 Å². The van der Waals surface area contributed by atoms with Crippen LogP contribution in [0.3, 0.4) is 0 Å². The van der Waals surface area contributed by atoms with Gasteiger partial charge in [-0.15, -0.1) is 0 Å². The average molecular weight is 421 g/mol. The molecular formula is C19H22ClFN6S. The lowest BCUT2D eigenvalue weighted by Crippen LogP contribution is -2.28. The van der Waals surface area contributed by atoms with Crippen LogP contribution in [0, 0.1) is 19.7 Å². The molecule has 0 saturated carbocycles. The monoisotopic (exact) mass is 420 g/mol. The molecule has 28 heavy (non-hydrogen) atoms. The number of hydrogen-bond acceptors (Lipinski definition) is 3. The summed E-state index contributed by atoms with van der Waals surface area (Å²) in [5.41, 5.74) is 3.81. The van der Waals surface area contributed by atoms with Gasteiger partial charge in [0.25, 0.3) is 0 Å². The average Bonchev–Trinajstić information content (AvgIpc) is 3.17. The standard InChI is InChI=1S/C19H22ClFN6S/c1-4-26-10-15(13(3)24-26)9-22-19(28)23-18-7-12(2)27(25-18)11-14-5-6-16(21)8-17(14)20/h5-8,10H,4,9,11H2,1-3H3,(H2,22,23,25,28). The molecule has 6 nitrogen and oxygen atoms in total. The van der Waals surface area contributed by atoms with Crippen LogP contribution in [0.1, 0.15) is 29.4 Å². The molecule has 0 amide bonds. The molecule has 0 aliphatic heterocycles. The maximum Gasteiger partial charge on any atom is 0.172 e. The number of halogens is 2. The summed E-state index contributed by atoms with van der Waals surface area (Å²) in [5, 5.41) is 16.1. The molecule has 9 heteroatoms. The topological polar surface area (TPSA) is 59.7 Å². The van der Waals surface area contributed by atoms with Crippen molar-refractivity contribution in [2.75, 3.05) is 5.32 Å². The summed E-state index contributed by atoms with van der Waals surface area (Å²) >= 11 is 11.5. The van der Waals surface area contributed by atoms with Crippen LogP contribution in [-0.4, -0.2) is 24.7 Å². The number of aryl methyl sites for hydroxylation is 3. The number of nitrogens with zero attached hydrogens (tertiary/aromatic N) is 4. The lowest BCUT2D eigenvalue weighted by Gasteiger charge is -2.08. The summed E-state index contributed by atoms with van der Waals surface area (Å²) in [7, 11) is 0. The normalized spacial score (nSPS) is 10.9. The molecule has 2 heterocycles. The van der Waals surface area contributed by atoms with E-state index in [0.717, 1.165) is 29.1 Å². The Balaban J connectivity index is 1.61. The van der Waals surface area contributed by atoms with Crippen molar-refractivity contribution in [2.45, 2.75) is 40.4 Å². The van der Waals surface area contributed by atoms with Gasteiger partial charge in [-0.05, 0) is 50.7 Å². The minimum atomic E-state index is -0.357. The summed E-state index contributed by atoms with van der Waals surface area (Å²) in [4.78, 5) is 0. The number of hydrogen-bond donors (Lipinski definition) is 2. The SMILES string of the molecule is CCn1cc(CNC(=S)Nc2cc(C)n(Cc3ccc(F)cc3Cl)n2)c(C)n1. The van der Waals surface area contributed by atoms with Gasteiger partial charge >= 0.3 is 0 Å². The molecule has 0 aliphatic rings. The first-order chi connectivity index (χ1) is 13.4. The van der Waals surface area contributed by atoms with E-state index in [1.807, 2.05) is 37.7 Å².